The van der Waals surface area contributed by atoms with Crippen LogP contribution < -0.4 is 9.47 Å². The van der Waals surface area contributed by atoms with E-state index in [0.717, 1.165) is 37.2 Å². The molecule has 1 aliphatic heterocycles. The Balaban J connectivity index is 1.50. The van der Waals surface area contributed by atoms with Crippen molar-refractivity contribution < 1.29 is 14.3 Å². The molecule has 0 unspecified atom stereocenters. The molecule has 1 N–H and O–H groups in total. The van der Waals surface area contributed by atoms with Crippen LogP contribution in [-0.2, 0) is 0 Å². The Kier molecular flexibility index (Phi) is 4.75. The fourth-order valence-corrected chi connectivity index (χ4v) is 3.97. The molecule has 1 amide bonds. The van der Waals surface area contributed by atoms with E-state index in [1.54, 1.807) is 14.2 Å². The molecule has 140 valence electrons. The highest BCUT2D eigenvalue weighted by Crippen LogP contribution is 2.35. The quantitative estimate of drug-likeness (QED) is 0.755. The maximum Gasteiger partial charge on any atom is 0.257 e. The van der Waals surface area contributed by atoms with Crippen molar-refractivity contribution in [2.45, 2.75) is 18.8 Å². The minimum Gasteiger partial charge on any atom is -0.497 e. The lowest BCUT2D eigenvalue weighted by Gasteiger charge is -2.32. The Labute approximate surface area is 158 Å². The third kappa shape index (κ3) is 3.25. The van der Waals surface area contributed by atoms with E-state index in [1.165, 1.54) is 10.9 Å². The SMILES string of the molecule is COc1ccc2[nH]cc(C3CCN(C(=O)c4ccccc4OC)CC3)c2c1. The van der Waals surface area contributed by atoms with Crippen molar-refractivity contribution in [3.63, 3.8) is 0 Å². The highest BCUT2D eigenvalue weighted by molar-refractivity contribution is 5.97. The molecule has 27 heavy (non-hydrogen) atoms. The number of piperidine rings is 1. The number of amides is 1. The first-order valence-corrected chi connectivity index (χ1v) is 9.28. The summed E-state index contributed by atoms with van der Waals surface area (Å²) in [5.41, 5.74) is 3.07. The molecule has 1 aromatic heterocycles. The lowest BCUT2D eigenvalue weighted by molar-refractivity contribution is 0.0710. The van der Waals surface area contributed by atoms with Gasteiger partial charge in [0.15, 0.2) is 0 Å². The van der Waals surface area contributed by atoms with Gasteiger partial charge in [-0.15, -0.1) is 0 Å². The third-order valence-electron chi connectivity index (χ3n) is 5.48. The van der Waals surface area contributed by atoms with Crippen molar-refractivity contribution in [1.82, 2.24) is 9.88 Å². The van der Waals surface area contributed by atoms with Gasteiger partial charge in [0, 0.05) is 30.2 Å². The molecule has 2 aromatic carbocycles. The summed E-state index contributed by atoms with van der Waals surface area (Å²) in [5, 5.41) is 1.21. The summed E-state index contributed by atoms with van der Waals surface area (Å²) in [6, 6.07) is 13.5. The Morgan fingerprint density at radius 3 is 2.59 bits per heavy atom. The van der Waals surface area contributed by atoms with Gasteiger partial charge < -0.3 is 19.4 Å². The van der Waals surface area contributed by atoms with Crippen LogP contribution in [0, 0.1) is 0 Å². The molecular formula is C22H24N2O3. The molecule has 5 heteroatoms. The van der Waals surface area contributed by atoms with Crippen LogP contribution in [0.3, 0.4) is 0 Å². The number of carbonyl (C=O) groups is 1. The number of ether oxygens (including phenoxy) is 2. The molecule has 0 saturated carbocycles. The minimum absolute atomic E-state index is 0.0477. The van der Waals surface area contributed by atoms with Crippen molar-refractivity contribution >= 4 is 16.8 Å². The number of H-pyrrole nitrogens is 1. The predicted octanol–water partition coefficient (Wildman–Crippen LogP) is 4.20. The van der Waals surface area contributed by atoms with E-state index in [-0.39, 0.29) is 5.91 Å². The molecule has 3 aromatic rings. The number of aromatic amines is 1. The van der Waals surface area contributed by atoms with Gasteiger partial charge in [-0.1, -0.05) is 12.1 Å². The molecule has 4 rings (SSSR count). The van der Waals surface area contributed by atoms with E-state index in [0.29, 0.717) is 17.2 Å². The summed E-state index contributed by atoms with van der Waals surface area (Å²) in [6.07, 6.45) is 4.00. The normalized spacial score (nSPS) is 15.1. The fourth-order valence-electron chi connectivity index (χ4n) is 3.97. The highest BCUT2D eigenvalue weighted by atomic mass is 16.5. The van der Waals surface area contributed by atoms with Crippen molar-refractivity contribution in [3.05, 3.63) is 59.8 Å². The Bertz CT molecular complexity index is 955. The maximum absolute atomic E-state index is 12.9. The fraction of sp³-hybridized carbons (Fsp3) is 0.318. The van der Waals surface area contributed by atoms with Gasteiger partial charge in [0.05, 0.1) is 19.8 Å². The lowest BCUT2D eigenvalue weighted by Crippen LogP contribution is -2.38. The second-order valence-electron chi connectivity index (χ2n) is 6.92. The molecular weight excluding hydrogens is 340 g/mol. The molecule has 1 aliphatic rings. The molecule has 0 spiro atoms. The summed E-state index contributed by atoms with van der Waals surface area (Å²) < 4.78 is 10.7. The number of hydrogen-bond acceptors (Lipinski definition) is 3. The average Bonchev–Trinajstić information content (AvgIpc) is 3.16. The molecule has 0 aliphatic carbocycles. The van der Waals surface area contributed by atoms with Gasteiger partial charge in [-0.25, -0.2) is 0 Å². The van der Waals surface area contributed by atoms with Gasteiger partial charge in [-0.2, -0.15) is 0 Å². The number of rotatable bonds is 4. The smallest absolute Gasteiger partial charge is 0.257 e. The van der Waals surface area contributed by atoms with Gasteiger partial charge in [0.25, 0.3) is 5.91 Å². The van der Waals surface area contributed by atoms with E-state index in [9.17, 15) is 4.79 Å². The van der Waals surface area contributed by atoms with Gasteiger partial charge in [-0.3, -0.25) is 4.79 Å². The second kappa shape index (κ2) is 7.35. The zero-order chi connectivity index (χ0) is 18.8. The van der Waals surface area contributed by atoms with Crippen LogP contribution in [0.25, 0.3) is 10.9 Å². The lowest BCUT2D eigenvalue weighted by atomic mass is 9.89. The number of nitrogens with one attached hydrogen (secondary N) is 1. The number of benzene rings is 2. The average molecular weight is 364 g/mol. The van der Waals surface area contributed by atoms with Gasteiger partial charge in [-0.05, 0) is 54.7 Å². The van der Waals surface area contributed by atoms with E-state index in [1.807, 2.05) is 35.2 Å². The number of likely N-dealkylation sites (tertiary alicyclic amines) is 1. The van der Waals surface area contributed by atoms with Crippen LogP contribution in [0.4, 0.5) is 0 Å². The first kappa shape index (κ1) is 17.5. The van der Waals surface area contributed by atoms with E-state index >= 15 is 0 Å². The Morgan fingerprint density at radius 2 is 1.85 bits per heavy atom. The number of nitrogens with zero attached hydrogens (tertiary/aromatic N) is 1. The van der Waals surface area contributed by atoms with Crippen molar-refractivity contribution in [2.75, 3.05) is 27.3 Å². The van der Waals surface area contributed by atoms with E-state index in [2.05, 4.69) is 23.3 Å². The van der Waals surface area contributed by atoms with Gasteiger partial charge >= 0.3 is 0 Å². The maximum atomic E-state index is 12.9. The molecule has 0 bridgehead atoms. The second-order valence-corrected chi connectivity index (χ2v) is 6.92. The van der Waals surface area contributed by atoms with Crippen molar-refractivity contribution in [1.29, 1.82) is 0 Å². The van der Waals surface area contributed by atoms with E-state index < -0.39 is 0 Å². The standard InChI is InChI=1S/C22H24N2O3/c1-26-16-7-8-20-18(13-16)19(14-23-20)15-9-11-24(12-10-15)22(25)17-5-3-4-6-21(17)27-2/h3-8,13-15,23H,9-12H2,1-2H3. The number of methoxy groups -OCH3 is 2. The Morgan fingerprint density at radius 1 is 1.07 bits per heavy atom. The summed E-state index contributed by atoms with van der Waals surface area (Å²) in [7, 11) is 3.29. The molecule has 1 fully saturated rings. The Hall–Kier alpha value is -2.95. The first-order chi connectivity index (χ1) is 13.2. The minimum atomic E-state index is 0.0477. The number of fused-ring (bicyclic) bond motifs is 1. The van der Waals surface area contributed by atoms with Gasteiger partial charge in [0.1, 0.15) is 11.5 Å². The molecule has 0 radical (unpaired) electrons. The number of hydrogen-bond donors (Lipinski definition) is 1. The summed E-state index contributed by atoms with van der Waals surface area (Å²) >= 11 is 0. The topological polar surface area (TPSA) is 54.6 Å². The van der Waals surface area contributed by atoms with Crippen LogP contribution in [0.2, 0.25) is 0 Å². The van der Waals surface area contributed by atoms with Crippen LogP contribution in [0.15, 0.2) is 48.7 Å². The zero-order valence-electron chi connectivity index (χ0n) is 15.7. The summed E-state index contributed by atoms with van der Waals surface area (Å²) in [4.78, 5) is 18.2. The van der Waals surface area contributed by atoms with Crippen molar-refractivity contribution in [2.24, 2.45) is 0 Å². The molecule has 0 atom stereocenters. The number of carbonyl (C=O) groups excluding carboxylic acids is 1. The number of aromatic nitrogens is 1. The third-order valence-corrected chi connectivity index (χ3v) is 5.48. The first-order valence-electron chi connectivity index (χ1n) is 9.28. The zero-order valence-corrected chi connectivity index (χ0v) is 15.7. The number of para-hydroxylation sites is 1. The van der Waals surface area contributed by atoms with Crippen LogP contribution >= 0.6 is 0 Å². The van der Waals surface area contributed by atoms with E-state index in [4.69, 9.17) is 9.47 Å². The molecule has 2 heterocycles. The van der Waals surface area contributed by atoms with Crippen LogP contribution in [-0.4, -0.2) is 43.1 Å². The largest absolute Gasteiger partial charge is 0.497 e. The summed E-state index contributed by atoms with van der Waals surface area (Å²) in [5.74, 6) is 1.99. The van der Waals surface area contributed by atoms with Gasteiger partial charge in [0.2, 0.25) is 0 Å². The van der Waals surface area contributed by atoms with Crippen molar-refractivity contribution in [3.8, 4) is 11.5 Å². The summed E-state index contributed by atoms with van der Waals surface area (Å²) in [6.45, 7) is 1.50. The van der Waals surface area contributed by atoms with Crippen LogP contribution in [0.5, 0.6) is 11.5 Å². The monoisotopic (exact) mass is 364 g/mol. The molecule has 5 nitrogen and oxygen atoms in total. The van der Waals surface area contributed by atoms with Crippen LogP contribution in [0.1, 0.15) is 34.7 Å². The predicted molar refractivity (Wildman–Crippen MR) is 106 cm³/mol. The highest BCUT2D eigenvalue weighted by Gasteiger charge is 2.27. The molecule has 1 saturated heterocycles.